The van der Waals surface area contributed by atoms with Crippen LogP contribution in [-0.2, 0) is 0 Å². The van der Waals surface area contributed by atoms with Gasteiger partial charge in [-0.1, -0.05) is 6.92 Å². The molecule has 29 heavy (non-hydrogen) atoms. The second kappa shape index (κ2) is 8.49. The number of likely N-dealkylation sites (tertiary alicyclic amines) is 1. The zero-order chi connectivity index (χ0) is 20.4. The molecule has 156 valence electrons. The molecule has 1 saturated heterocycles. The maximum absolute atomic E-state index is 9.75. The SMILES string of the molecule is COc1ccc(O[C@H]2C[C@@H]3CN(CC(C)c4ccc(O)c(OC)n4)C[C@@H]3C2)cc1. The Hall–Kier alpha value is -2.47. The molecule has 4 atom stereocenters. The Balaban J connectivity index is 1.28. The third kappa shape index (κ3) is 4.42. The summed E-state index contributed by atoms with van der Waals surface area (Å²) in [7, 11) is 3.21. The molecule has 1 saturated carbocycles. The first-order chi connectivity index (χ1) is 14.1. The van der Waals surface area contributed by atoms with E-state index in [0.717, 1.165) is 49.7 Å². The van der Waals surface area contributed by atoms with Gasteiger partial charge in [-0.3, -0.25) is 0 Å². The van der Waals surface area contributed by atoms with E-state index in [2.05, 4.69) is 16.8 Å². The fourth-order valence-electron chi connectivity index (χ4n) is 4.79. The lowest BCUT2D eigenvalue weighted by atomic mass is 10.0. The van der Waals surface area contributed by atoms with Gasteiger partial charge in [0.25, 0.3) is 5.88 Å². The molecule has 6 nitrogen and oxygen atoms in total. The fraction of sp³-hybridized carbons (Fsp3) is 0.522. The predicted octanol–water partition coefficient (Wildman–Crippen LogP) is 3.70. The van der Waals surface area contributed by atoms with Gasteiger partial charge in [-0.25, -0.2) is 4.98 Å². The van der Waals surface area contributed by atoms with E-state index >= 15 is 0 Å². The van der Waals surface area contributed by atoms with Gasteiger partial charge in [-0.05, 0) is 61.1 Å². The standard InChI is InChI=1S/C23H30N2O4/c1-15(21-8-9-22(26)23(24-21)28-3)12-25-13-16-10-20(11-17(16)14-25)29-19-6-4-18(27-2)5-7-19/h4-9,15-17,20,26H,10-14H2,1-3H3/t15?,16-,17+,20+. The van der Waals surface area contributed by atoms with Gasteiger partial charge in [0.2, 0.25) is 0 Å². The van der Waals surface area contributed by atoms with Crippen molar-refractivity contribution in [1.29, 1.82) is 0 Å². The molecule has 0 amide bonds. The van der Waals surface area contributed by atoms with Gasteiger partial charge in [0.15, 0.2) is 5.75 Å². The molecule has 0 radical (unpaired) electrons. The number of hydrogen-bond donors (Lipinski definition) is 1. The summed E-state index contributed by atoms with van der Waals surface area (Å²) in [6.07, 6.45) is 2.54. The minimum absolute atomic E-state index is 0.0852. The topological polar surface area (TPSA) is 64.1 Å². The van der Waals surface area contributed by atoms with Crippen LogP contribution in [0.3, 0.4) is 0 Å². The number of aromatic hydroxyl groups is 1. The highest BCUT2D eigenvalue weighted by atomic mass is 16.5. The molecule has 6 heteroatoms. The molecule has 2 aromatic rings. The molecule has 1 N–H and O–H groups in total. The van der Waals surface area contributed by atoms with Crippen LogP contribution < -0.4 is 14.2 Å². The molecule has 1 aromatic heterocycles. The van der Waals surface area contributed by atoms with Crippen LogP contribution in [0.25, 0.3) is 0 Å². The van der Waals surface area contributed by atoms with Gasteiger partial charge in [-0.15, -0.1) is 0 Å². The predicted molar refractivity (Wildman–Crippen MR) is 111 cm³/mol. The van der Waals surface area contributed by atoms with Crippen molar-refractivity contribution in [2.24, 2.45) is 11.8 Å². The van der Waals surface area contributed by atoms with Crippen molar-refractivity contribution in [3.8, 4) is 23.1 Å². The summed E-state index contributed by atoms with van der Waals surface area (Å²) in [4.78, 5) is 6.99. The summed E-state index contributed by atoms with van der Waals surface area (Å²) < 4.78 is 16.6. The molecule has 1 aromatic carbocycles. The molecular formula is C23H30N2O4. The minimum Gasteiger partial charge on any atom is -0.503 e. The maximum atomic E-state index is 9.75. The van der Waals surface area contributed by atoms with Gasteiger partial charge >= 0.3 is 0 Å². The van der Waals surface area contributed by atoms with Crippen LogP contribution in [0.4, 0.5) is 0 Å². The number of aromatic nitrogens is 1. The van der Waals surface area contributed by atoms with Crippen LogP contribution in [0.1, 0.15) is 31.4 Å². The monoisotopic (exact) mass is 398 g/mol. The number of nitrogens with zero attached hydrogens (tertiary/aromatic N) is 2. The van der Waals surface area contributed by atoms with Gasteiger partial charge in [0, 0.05) is 31.2 Å². The number of hydrogen-bond acceptors (Lipinski definition) is 6. The van der Waals surface area contributed by atoms with E-state index in [0.29, 0.717) is 23.8 Å². The number of rotatable bonds is 7. The van der Waals surface area contributed by atoms with Crippen LogP contribution in [0, 0.1) is 11.8 Å². The number of pyridine rings is 1. The highest BCUT2D eigenvalue weighted by Crippen LogP contribution is 2.40. The summed E-state index contributed by atoms with van der Waals surface area (Å²) in [6.45, 7) is 5.39. The Morgan fingerprint density at radius 2 is 1.66 bits per heavy atom. The van der Waals surface area contributed by atoms with Crippen LogP contribution in [0.2, 0.25) is 0 Å². The quantitative estimate of drug-likeness (QED) is 0.767. The normalized spacial score (nSPS) is 24.9. The zero-order valence-electron chi connectivity index (χ0n) is 17.4. The van der Waals surface area contributed by atoms with E-state index in [-0.39, 0.29) is 11.7 Å². The van der Waals surface area contributed by atoms with Crippen LogP contribution in [0.15, 0.2) is 36.4 Å². The minimum atomic E-state index is 0.0852. The highest BCUT2D eigenvalue weighted by molar-refractivity contribution is 5.34. The van der Waals surface area contributed by atoms with E-state index < -0.39 is 0 Å². The Morgan fingerprint density at radius 1 is 1.00 bits per heavy atom. The van der Waals surface area contributed by atoms with Gasteiger partial charge in [0.05, 0.1) is 20.3 Å². The molecule has 1 unspecified atom stereocenters. The van der Waals surface area contributed by atoms with Gasteiger partial charge in [-0.2, -0.15) is 0 Å². The maximum Gasteiger partial charge on any atom is 0.256 e. The summed E-state index contributed by atoms with van der Waals surface area (Å²) in [6, 6.07) is 11.4. The third-order valence-corrected chi connectivity index (χ3v) is 6.24. The van der Waals surface area contributed by atoms with Crippen molar-refractivity contribution in [1.82, 2.24) is 9.88 Å². The lowest BCUT2D eigenvalue weighted by Crippen LogP contribution is -2.28. The summed E-state index contributed by atoms with van der Waals surface area (Å²) in [5, 5.41) is 9.75. The lowest BCUT2D eigenvalue weighted by Gasteiger charge is -2.23. The van der Waals surface area contributed by atoms with Gasteiger partial charge in [0.1, 0.15) is 11.5 Å². The third-order valence-electron chi connectivity index (χ3n) is 6.24. The number of fused-ring (bicyclic) bond motifs is 1. The largest absolute Gasteiger partial charge is 0.503 e. The van der Waals surface area contributed by atoms with Crippen molar-refractivity contribution < 1.29 is 19.3 Å². The van der Waals surface area contributed by atoms with E-state index in [1.807, 2.05) is 30.3 Å². The van der Waals surface area contributed by atoms with E-state index in [9.17, 15) is 5.11 Å². The molecular weight excluding hydrogens is 368 g/mol. The molecule has 1 aliphatic heterocycles. The molecule has 2 aliphatic rings. The highest BCUT2D eigenvalue weighted by Gasteiger charge is 2.42. The summed E-state index contributed by atoms with van der Waals surface area (Å²) >= 11 is 0. The summed E-state index contributed by atoms with van der Waals surface area (Å²) in [5.41, 5.74) is 0.956. The van der Waals surface area contributed by atoms with Crippen molar-refractivity contribution in [2.75, 3.05) is 33.9 Å². The Kier molecular flexibility index (Phi) is 5.81. The second-order valence-electron chi connectivity index (χ2n) is 8.29. The molecule has 1 aliphatic carbocycles. The molecule has 2 heterocycles. The average molecular weight is 399 g/mol. The number of methoxy groups -OCH3 is 2. The van der Waals surface area contributed by atoms with E-state index in [1.54, 1.807) is 13.2 Å². The molecule has 2 fully saturated rings. The van der Waals surface area contributed by atoms with Crippen molar-refractivity contribution in [3.05, 3.63) is 42.1 Å². The zero-order valence-corrected chi connectivity index (χ0v) is 17.4. The first-order valence-electron chi connectivity index (χ1n) is 10.3. The molecule has 4 rings (SSSR count). The average Bonchev–Trinajstić information content (AvgIpc) is 3.26. The first-order valence-corrected chi connectivity index (χ1v) is 10.3. The Morgan fingerprint density at radius 3 is 2.28 bits per heavy atom. The van der Waals surface area contributed by atoms with Crippen LogP contribution >= 0.6 is 0 Å². The smallest absolute Gasteiger partial charge is 0.256 e. The van der Waals surface area contributed by atoms with Crippen molar-refractivity contribution in [2.45, 2.75) is 31.8 Å². The lowest BCUT2D eigenvalue weighted by molar-refractivity contribution is 0.184. The number of ether oxygens (including phenoxy) is 3. The first kappa shape index (κ1) is 19.8. The van der Waals surface area contributed by atoms with Crippen LogP contribution in [-0.4, -0.2) is 54.9 Å². The summed E-state index contributed by atoms with van der Waals surface area (Å²) in [5.74, 6) is 3.85. The number of benzene rings is 1. The Labute approximate surface area is 172 Å². The van der Waals surface area contributed by atoms with Crippen molar-refractivity contribution in [3.63, 3.8) is 0 Å². The molecule has 0 spiro atoms. The molecule has 0 bridgehead atoms. The second-order valence-corrected chi connectivity index (χ2v) is 8.29. The van der Waals surface area contributed by atoms with E-state index in [1.165, 1.54) is 7.11 Å². The van der Waals surface area contributed by atoms with Gasteiger partial charge < -0.3 is 24.2 Å². The van der Waals surface area contributed by atoms with Crippen LogP contribution in [0.5, 0.6) is 23.1 Å². The fourth-order valence-corrected chi connectivity index (χ4v) is 4.79. The van der Waals surface area contributed by atoms with E-state index in [4.69, 9.17) is 14.2 Å². The Bertz CT molecular complexity index is 812. The van der Waals surface area contributed by atoms with Crippen molar-refractivity contribution >= 4 is 0 Å².